The van der Waals surface area contributed by atoms with Crippen molar-refractivity contribution in [1.82, 2.24) is 15.1 Å². The fourth-order valence-electron chi connectivity index (χ4n) is 2.26. The molecule has 0 aliphatic rings. The Hall–Kier alpha value is -2.15. The van der Waals surface area contributed by atoms with Crippen molar-refractivity contribution in [2.24, 2.45) is 0 Å². The van der Waals surface area contributed by atoms with Crippen LogP contribution in [-0.2, 0) is 10.2 Å². The van der Waals surface area contributed by atoms with Gasteiger partial charge in [-0.05, 0) is 36.8 Å². The van der Waals surface area contributed by atoms with Crippen LogP contribution in [-0.4, -0.2) is 40.5 Å². The standard InChI is InChI=1S/C18H23BrN4O2/c1-11-8-12(19)6-7-13(11)20-16(24)10-23(5)17(25)14-9-15(22-21-14)18(2,3)4/h6-9H,10H2,1-5H3,(H,20,24)(H,21,22). The van der Waals surface area contributed by atoms with Gasteiger partial charge < -0.3 is 10.2 Å². The van der Waals surface area contributed by atoms with Crippen LogP contribution in [0.25, 0.3) is 0 Å². The lowest BCUT2D eigenvalue weighted by atomic mass is 9.92. The first-order valence-electron chi connectivity index (χ1n) is 7.95. The molecule has 0 atom stereocenters. The Balaban J connectivity index is 2.00. The molecule has 6 nitrogen and oxygen atoms in total. The summed E-state index contributed by atoms with van der Waals surface area (Å²) in [6, 6.07) is 7.33. The quantitative estimate of drug-likeness (QED) is 0.815. The van der Waals surface area contributed by atoms with Gasteiger partial charge in [0.15, 0.2) is 0 Å². The molecule has 0 unspecified atom stereocenters. The number of amides is 2. The number of likely N-dealkylation sites (N-methyl/N-ethyl adjacent to an activating group) is 1. The van der Waals surface area contributed by atoms with Gasteiger partial charge in [-0.15, -0.1) is 0 Å². The Morgan fingerprint density at radius 2 is 1.96 bits per heavy atom. The molecular formula is C18H23BrN4O2. The minimum atomic E-state index is -0.297. The molecule has 0 saturated carbocycles. The molecule has 1 aromatic heterocycles. The molecule has 134 valence electrons. The zero-order chi connectivity index (χ0) is 18.8. The normalized spacial score (nSPS) is 11.3. The lowest BCUT2D eigenvalue weighted by Crippen LogP contribution is -2.35. The summed E-state index contributed by atoms with van der Waals surface area (Å²) < 4.78 is 0.948. The maximum absolute atomic E-state index is 12.4. The highest BCUT2D eigenvalue weighted by Gasteiger charge is 2.22. The van der Waals surface area contributed by atoms with E-state index in [1.807, 2.05) is 45.9 Å². The van der Waals surface area contributed by atoms with Crippen molar-refractivity contribution in [2.75, 3.05) is 18.9 Å². The molecule has 25 heavy (non-hydrogen) atoms. The van der Waals surface area contributed by atoms with Gasteiger partial charge in [-0.25, -0.2) is 0 Å². The van der Waals surface area contributed by atoms with Gasteiger partial charge in [0.1, 0.15) is 5.69 Å². The number of hydrogen-bond donors (Lipinski definition) is 2. The molecule has 2 aromatic rings. The largest absolute Gasteiger partial charge is 0.331 e. The van der Waals surface area contributed by atoms with E-state index in [0.717, 1.165) is 21.4 Å². The average molecular weight is 407 g/mol. The van der Waals surface area contributed by atoms with Crippen molar-refractivity contribution >= 4 is 33.4 Å². The van der Waals surface area contributed by atoms with Gasteiger partial charge in [-0.3, -0.25) is 14.7 Å². The number of carbonyl (C=O) groups excluding carboxylic acids is 2. The van der Waals surface area contributed by atoms with E-state index in [0.29, 0.717) is 5.69 Å². The maximum atomic E-state index is 12.4. The summed E-state index contributed by atoms with van der Waals surface area (Å²) in [5, 5.41) is 9.77. The van der Waals surface area contributed by atoms with Crippen LogP contribution in [0.3, 0.4) is 0 Å². The van der Waals surface area contributed by atoms with E-state index >= 15 is 0 Å². The summed E-state index contributed by atoms with van der Waals surface area (Å²) >= 11 is 3.39. The number of benzene rings is 1. The number of hydrogen-bond acceptors (Lipinski definition) is 3. The average Bonchev–Trinajstić information content (AvgIpc) is 2.99. The number of anilines is 1. The van der Waals surface area contributed by atoms with Gasteiger partial charge >= 0.3 is 0 Å². The molecule has 2 amide bonds. The molecule has 0 bridgehead atoms. The first-order valence-corrected chi connectivity index (χ1v) is 8.74. The molecule has 0 saturated heterocycles. The van der Waals surface area contributed by atoms with E-state index < -0.39 is 0 Å². The fourth-order valence-corrected chi connectivity index (χ4v) is 2.73. The summed E-state index contributed by atoms with van der Waals surface area (Å²) in [6.45, 7) is 7.96. The lowest BCUT2D eigenvalue weighted by Gasteiger charge is -2.16. The molecule has 0 aliphatic carbocycles. The monoisotopic (exact) mass is 406 g/mol. The van der Waals surface area contributed by atoms with Crippen LogP contribution in [0, 0.1) is 6.92 Å². The summed E-state index contributed by atoms with van der Waals surface area (Å²) in [7, 11) is 1.59. The summed E-state index contributed by atoms with van der Waals surface area (Å²) in [5.41, 5.74) is 2.72. The van der Waals surface area contributed by atoms with Crippen LogP contribution >= 0.6 is 15.9 Å². The molecule has 1 heterocycles. The van der Waals surface area contributed by atoms with Crippen molar-refractivity contribution in [3.63, 3.8) is 0 Å². The third-order valence-electron chi connectivity index (χ3n) is 3.80. The molecule has 1 aromatic carbocycles. The van der Waals surface area contributed by atoms with Gasteiger partial charge in [0, 0.05) is 28.3 Å². The van der Waals surface area contributed by atoms with E-state index in [1.54, 1.807) is 13.1 Å². The SMILES string of the molecule is Cc1cc(Br)ccc1NC(=O)CN(C)C(=O)c1cc(C(C)(C)C)[nH]n1. The molecule has 0 spiro atoms. The number of carbonyl (C=O) groups is 2. The lowest BCUT2D eigenvalue weighted by molar-refractivity contribution is -0.116. The number of aromatic nitrogens is 2. The molecule has 0 radical (unpaired) electrons. The number of aryl methyl sites for hydroxylation is 1. The zero-order valence-corrected chi connectivity index (χ0v) is 16.7. The van der Waals surface area contributed by atoms with Crippen LogP contribution < -0.4 is 5.32 Å². The molecular weight excluding hydrogens is 384 g/mol. The Labute approximate surface area is 156 Å². The molecule has 7 heteroatoms. The minimum Gasteiger partial charge on any atom is -0.331 e. The number of aromatic amines is 1. The van der Waals surface area contributed by atoms with Gasteiger partial charge in [-0.1, -0.05) is 36.7 Å². The minimum absolute atomic E-state index is 0.0496. The zero-order valence-electron chi connectivity index (χ0n) is 15.1. The van der Waals surface area contributed by atoms with Gasteiger partial charge in [0.2, 0.25) is 5.91 Å². The van der Waals surface area contributed by atoms with Crippen molar-refractivity contribution in [3.8, 4) is 0 Å². The first-order chi connectivity index (χ1) is 11.6. The van der Waals surface area contributed by atoms with Crippen LogP contribution in [0.5, 0.6) is 0 Å². The highest BCUT2D eigenvalue weighted by molar-refractivity contribution is 9.10. The number of halogens is 1. The third-order valence-corrected chi connectivity index (χ3v) is 4.29. The van der Waals surface area contributed by atoms with Crippen molar-refractivity contribution < 1.29 is 9.59 Å². The molecule has 0 aliphatic heterocycles. The van der Waals surface area contributed by atoms with Crippen LogP contribution in [0.15, 0.2) is 28.7 Å². The Kier molecular flexibility index (Phi) is 5.67. The Bertz CT molecular complexity index is 793. The summed E-state index contributed by atoms with van der Waals surface area (Å²) in [5.74, 6) is -0.553. The Morgan fingerprint density at radius 3 is 2.52 bits per heavy atom. The fraction of sp³-hybridized carbons (Fsp3) is 0.389. The van der Waals surface area contributed by atoms with Crippen LogP contribution in [0.4, 0.5) is 5.69 Å². The highest BCUT2D eigenvalue weighted by atomic mass is 79.9. The van der Waals surface area contributed by atoms with Gasteiger partial charge in [0.25, 0.3) is 5.91 Å². The van der Waals surface area contributed by atoms with E-state index in [1.165, 1.54) is 4.90 Å². The van der Waals surface area contributed by atoms with Crippen molar-refractivity contribution in [1.29, 1.82) is 0 Å². The molecule has 0 fully saturated rings. The number of rotatable bonds is 4. The van der Waals surface area contributed by atoms with Crippen molar-refractivity contribution in [2.45, 2.75) is 33.1 Å². The first kappa shape index (κ1) is 19.2. The number of H-pyrrole nitrogens is 1. The second-order valence-corrected chi connectivity index (χ2v) is 8.00. The van der Waals surface area contributed by atoms with Gasteiger partial charge in [-0.2, -0.15) is 5.10 Å². The van der Waals surface area contributed by atoms with Crippen LogP contribution in [0.1, 0.15) is 42.5 Å². The second kappa shape index (κ2) is 7.39. The summed E-state index contributed by atoms with van der Waals surface area (Å²) in [4.78, 5) is 26.0. The predicted octanol–water partition coefficient (Wildman–Crippen LogP) is 3.49. The van der Waals surface area contributed by atoms with Gasteiger partial charge in [0.05, 0.1) is 6.54 Å². The Morgan fingerprint density at radius 1 is 1.28 bits per heavy atom. The number of nitrogens with zero attached hydrogens (tertiary/aromatic N) is 2. The maximum Gasteiger partial charge on any atom is 0.274 e. The third kappa shape index (κ3) is 4.92. The van der Waals surface area contributed by atoms with Crippen molar-refractivity contribution in [3.05, 3.63) is 45.7 Å². The van der Waals surface area contributed by atoms with E-state index in [9.17, 15) is 9.59 Å². The van der Waals surface area contributed by atoms with E-state index in [2.05, 4.69) is 31.4 Å². The number of nitrogens with one attached hydrogen (secondary N) is 2. The summed E-state index contributed by atoms with van der Waals surface area (Å²) in [6.07, 6.45) is 0. The topological polar surface area (TPSA) is 78.1 Å². The molecule has 2 N–H and O–H groups in total. The smallest absolute Gasteiger partial charge is 0.274 e. The highest BCUT2D eigenvalue weighted by Crippen LogP contribution is 2.21. The van der Waals surface area contributed by atoms with Crippen LogP contribution in [0.2, 0.25) is 0 Å². The predicted molar refractivity (Wildman–Crippen MR) is 102 cm³/mol. The van der Waals surface area contributed by atoms with E-state index in [-0.39, 0.29) is 23.8 Å². The molecule has 2 rings (SSSR count). The second-order valence-electron chi connectivity index (χ2n) is 7.09. The van der Waals surface area contributed by atoms with E-state index in [4.69, 9.17) is 0 Å².